The predicted octanol–water partition coefficient (Wildman–Crippen LogP) is 7.57. The first-order chi connectivity index (χ1) is 25.9. The number of piperazine rings is 1. The zero-order valence-electron chi connectivity index (χ0n) is 32.3. The fourth-order valence-corrected chi connectivity index (χ4v) is 8.60. The summed E-state index contributed by atoms with van der Waals surface area (Å²) in [5.41, 5.74) is -0.750. The molecule has 13 nitrogen and oxygen atoms in total. The lowest BCUT2D eigenvalue weighted by Crippen LogP contribution is -2.56. The fourth-order valence-electron chi connectivity index (χ4n) is 7.55. The smallest absolute Gasteiger partial charge is 0.412 e. The molecule has 55 heavy (non-hydrogen) atoms. The van der Waals surface area contributed by atoms with E-state index in [1.807, 2.05) is 39.8 Å². The molecular weight excluding hydrogens is 733 g/mol. The van der Waals surface area contributed by atoms with E-state index in [0.717, 1.165) is 24.2 Å². The monoisotopic (exact) mass is 777 g/mol. The van der Waals surface area contributed by atoms with Gasteiger partial charge in [-0.3, -0.25) is 5.32 Å². The highest BCUT2D eigenvalue weighted by atomic mass is 32.1. The molecule has 0 aliphatic carbocycles. The number of nitrogens with one attached hydrogen (secondary N) is 1. The topological polar surface area (TPSA) is 142 Å². The quantitative estimate of drug-likeness (QED) is 0.199. The Balaban J connectivity index is 1.40. The van der Waals surface area contributed by atoms with Gasteiger partial charge < -0.3 is 33.6 Å². The van der Waals surface area contributed by atoms with Crippen LogP contribution in [0.5, 0.6) is 6.01 Å². The van der Waals surface area contributed by atoms with Gasteiger partial charge in [0.1, 0.15) is 46.0 Å². The molecule has 7 rings (SSSR count). The number of nitriles is 1. The lowest BCUT2D eigenvalue weighted by atomic mass is 9.90. The summed E-state index contributed by atoms with van der Waals surface area (Å²) in [6.45, 7) is 12.2. The number of carbonyl (C=O) groups excluding carboxylic acids is 2. The van der Waals surface area contributed by atoms with Gasteiger partial charge in [-0.05, 0) is 91.7 Å². The number of thiophene rings is 1. The van der Waals surface area contributed by atoms with Gasteiger partial charge in [0.05, 0.1) is 24.2 Å². The second-order valence-corrected chi connectivity index (χ2v) is 17.4. The van der Waals surface area contributed by atoms with Crippen LogP contribution in [0.1, 0.15) is 71.1 Å². The summed E-state index contributed by atoms with van der Waals surface area (Å²) in [6.07, 6.45) is 0.372. The Morgan fingerprint density at radius 1 is 1.00 bits per heavy atom. The van der Waals surface area contributed by atoms with Crippen molar-refractivity contribution in [1.29, 1.82) is 5.26 Å². The van der Waals surface area contributed by atoms with Crippen molar-refractivity contribution in [2.24, 2.45) is 0 Å². The van der Waals surface area contributed by atoms with Crippen LogP contribution in [0.4, 0.5) is 29.2 Å². The molecule has 2 atom stereocenters. The van der Waals surface area contributed by atoms with Crippen LogP contribution in [-0.4, -0.2) is 95.6 Å². The van der Waals surface area contributed by atoms with Crippen LogP contribution in [-0.2, 0) is 27.4 Å². The number of carbonyl (C=O) groups is 2. The van der Waals surface area contributed by atoms with E-state index in [9.17, 15) is 14.9 Å². The first-order valence-corrected chi connectivity index (χ1v) is 19.1. The van der Waals surface area contributed by atoms with Crippen LogP contribution >= 0.6 is 11.3 Å². The molecule has 2 bridgehead atoms. The van der Waals surface area contributed by atoms with Gasteiger partial charge in [-0.15, -0.1) is 11.3 Å². The third kappa shape index (κ3) is 7.44. The average Bonchev–Trinajstić information content (AvgIpc) is 3.77. The van der Waals surface area contributed by atoms with Crippen molar-refractivity contribution >= 4 is 55.3 Å². The summed E-state index contributed by atoms with van der Waals surface area (Å²) in [5.74, 6) is -1.11. The van der Waals surface area contributed by atoms with E-state index in [2.05, 4.69) is 21.3 Å². The highest BCUT2D eigenvalue weighted by Crippen LogP contribution is 2.49. The summed E-state index contributed by atoms with van der Waals surface area (Å²) in [6, 6.07) is 4.49. The fraction of sp³-hybridized carbons (Fsp3) is 0.513. The minimum Gasteiger partial charge on any atom is -0.462 e. The van der Waals surface area contributed by atoms with E-state index >= 15 is 8.78 Å². The number of fused-ring (bicyclic) bond motifs is 6. The van der Waals surface area contributed by atoms with E-state index in [4.69, 9.17) is 23.9 Å². The summed E-state index contributed by atoms with van der Waals surface area (Å²) in [5, 5.41) is 13.8. The molecule has 4 aromatic rings. The maximum Gasteiger partial charge on any atom is 0.412 e. The molecule has 2 saturated heterocycles. The van der Waals surface area contributed by atoms with Crippen LogP contribution < -0.4 is 15.0 Å². The number of ether oxygens (including phenoxy) is 4. The summed E-state index contributed by atoms with van der Waals surface area (Å²) in [4.78, 5) is 41.3. The number of amides is 2. The molecule has 2 amide bonds. The number of likely N-dealkylation sites (N-methyl/N-ethyl adjacent to an activating group) is 1. The third-order valence-electron chi connectivity index (χ3n) is 9.69. The second-order valence-electron chi connectivity index (χ2n) is 16.4. The first-order valence-electron chi connectivity index (χ1n) is 18.3. The van der Waals surface area contributed by atoms with Gasteiger partial charge in [0.15, 0.2) is 5.82 Å². The van der Waals surface area contributed by atoms with Gasteiger partial charge in [0.2, 0.25) is 0 Å². The molecule has 3 aliphatic heterocycles. The van der Waals surface area contributed by atoms with Crippen LogP contribution in [0.2, 0.25) is 0 Å². The molecule has 2 aromatic carbocycles. The van der Waals surface area contributed by atoms with Gasteiger partial charge in [-0.25, -0.2) is 18.4 Å². The zero-order valence-corrected chi connectivity index (χ0v) is 33.1. The predicted molar refractivity (Wildman–Crippen MR) is 204 cm³/mol. The van der Waals surface area contributed by atoms with Gasteiger partial charge in [-0.1, -0.05) is 0 Å². The number of anilines is 2. The van der Waals surface area contributed by atoms with E-state index in [1.165, 1.54) is 12.1 Å². The highest BCUT2D eigenvalue weighted by Gasteiger charge is 2.45. The Morgan fingerprint density at radius 3 is 2.31 bits per heavy atom. The molecule has 2 unspecified atom stereocenters. The summed E-state index contributed by atoms with van der Waals surface area (Å²) >= 11 is 1.06. The molecule has 0 spiro atoms. The van der Waals surface area contributed by atoms with Gasteiger partial charge in [0.25, 0.3) is 0 Å². The Hall–Kier alpha value is -4.85. The molecule has 1 N–H and O–H groups in total. The number of nitrogens with zero attached hydrogens (tertiary/aromatic N) is 6. The zero-order chi connectivity index (χ0) is 39.6. The Kier molecular flexibility index (Phi) is 10.0. The van der Waals surface area contributed by atoms with Crippen LogP contribution in [0.25, 0.3) is 32.1 Å². The number of rotatable bonds is 7. The minimum atomic E-state index is -0.816. The summed E-state index contributed by atoms with van der Waals surface area (Å²) in [7, 11) is 3.80. The van der Waals surface area contributed by atoms with E-state index in [0.29, 0.717) is 46.7 Å². The van der Waals surface area contributed by atoms with Crippen LogP contribution in [0.15, 0.2) is 12.1 Å². The third-order valence-corrected chi connectivity index (χ3v) is 10.8. The molecule has 292 valence electrons. The molecule has 2 fully saturated rings. The van der Waals surface area contributed by atoms with Crippen LogP contribution in [0, 0.1) is 23.0 Å². The lowest BCUT2D eigenvalue weighted by molar-refractivity contribution is 0.0209. The largest absolute Gasteiger partial charge is 0.462 e. The van der Waals surface area contributed by atoms with Crippen molar-refractivity contribution in [1.82, 2.24) is 19.8 Å². The molecule has 0 radical (unpaired) electrons. The first kappa shape index (κ1) is 38.4. The van der Waals surface area contributed by atoms with Crippen molar-refractivity contribution in [3.05, 3.63) is 40.5 Å². The highest BCUT2D eigenvalue weighted by molar-refractivity contribution is 7.23. The molecular formula is C39H45F2N7O6S. The molecule has 2 aromatic heterocycles. The molecule has 5 heterocycles. The molecule has 16 heteroatoms. The van der Waals surface area contributed by atoms with Crippen molar-refractivity contribution in [2.45, 2.75) is 90.9 Å². The van der Waals surface area contributed by atoms with E-state index in [-0.39, 0.29) is 76.6 Å². The Labute approximate surface area is 322 Å². The molecule has 3 aliphatic rings. The normalized spacial score (nSPS) is 18.2. The van der Waals surface area contributed by atoms with Crippen molar-refractivity contribution < 1.29 is 37.3 Å². The maximum absolute atomic E-state index is 17.6. The number of hydrogen-bond acceptors (Lipinski definition) is 12. The Bertz CT molecular complexity index is 2230. The van der Waals surface area contributed by atoms with Crippen molar-refractivity contribution in [3.63, 3.8) is 0 Å². The second kappa shape index (κ2) is 14.3. The molecule has 0 saturated carbocycles. The maximum atomic E-state index is 17.6. The minimum absolute atomic E-state index is 0.0250. The van der Waals surface area contributed by atoms with Crippen molar-refractivity contribution in [3.8, 4) is 23.2 Å². The van der Waals surface area contributed by atoms with E-state index < -0.39 is 28.9 Å². The average molecular weight is 778 g/mol. The van der Waals surface area contributed by atoms with Crippen LogP contribution in [0.3, 0.4) is 0 Å². The summed E-state index contributed by atoms with van der Waals surface area (Å²) < 4.78 is 57.6. The SMILES string of the molecule is CN(C)CCOc1nc(N2C3CCC2CN(C(=O)OC(C)(C)C)C3)c2c3c(c(-c4c(F)ccc5sc(NC(=O)OC(C)(C)C)c(C#N)c45)c(F)c2n1)COC3. The lowest BCUT2D eigenvalue weighted by Gasteiger charge is -2.42. The number of aromatic nitrogens is 2. The number of hydrogen-bond donors (Lipinski definition) is 1. The number of benzene rings is 2. The number of halogens is 2. The standard InChI is InChI=1S/C39H45F2N7O6S/c1-38(2,3)53-36(49)45-34-22(15-42)27-26(55-34)12-11-25(40)30(27)28-23-18-51-19-24(23)29-32(31(28)41)43-35(52-14-13-46(7)8)44-33(29)48-20-9-10-21(48)17-47(16-20)37(50)54-39(4,5)6/h11-12,20-21H,9-10,13-14,16-19H2,1-8H3,(H,45,49). The Morgan fingerprint density at radius 2 is 1.67 bits per heavy atom. The van der Waals surface area contributed by atoms with Gasteiger partial charge in [-0.2, -0.15) is 15.2 Å². The van der Waals surface area contributed by atoms with Crippen molar-refractivity contribution in [2.75, 3.05) is 50.6 Å². The van der Waals surface area contributed by atoms with Gasteiger partial charge in [0, 0.05) is 52.9 Å². The number of likely N-dealkylation sites (tertiary alicyclic amines) is 1. The van der Waals surface area contributed by atoms with E-state index in [1.54, 1.807) is 25.7 Å². The van der Waals surface area contributed by atoms with Gasteiger partial charge >= 0.3 is 18.2 Å².